The molecule has 0 spiro atoms. The summed E-state index contributed by atoms with van der Waals surface area (Å²) in [6.45, 7) is 9.09. The zero-order chi connectivity index (χ0) is 11.5. The predicted octanol–water partition coefficient (Wildman–Crippen LogP) is 2.93. The van der Waals surface area contributed by atoms with E-state index in [-0.39, 0.29) is 0 Å². The van der Waals surface area contributed by atoms with E-state index in [1.807, 2.05) is 17.4 Å². The number of thiazole rings is 1. The first-order valence-corrected chi connectivity index (χ1v) is 6.84. The molecule has 1 heterocycles. The van der Waals surface area contributed by atoms with Gasteiger partial charge in [-0.1, -0.05) is 13.0 Å². The van der Waals surface area contributed by atoms with E-state index >= 15 is 0 Å². The van der Waals surface area contributed by atoms with Crippen molar-refractivity contribution in [2.24, 2.45) is 5.92 Å². The maximum Gasteiger partial charge on any atom is 0.107 e. The van der Waals surface area contributed by atoms with E-state index in [4.69, 9.17) is 4.98 Å². The van der Waals surface area contributed by atoms with Gasteiger partial charge in [-0.25, -0.2) is 4.98 Å². The van der Waals surface area contributed by atoms with Crippen LogP contribution in [-0.4, -0.2) is 11.0 Å². The van der Waals surface area contributed by atoms with Gasteiger partial charge in [0.1, 0.15) is 5.01 Å². The highest BCUT2D eigenvalue weighted by Gasteiger charge is 2.19. The summed E-state index contributed by atoms with van der Waals surface area (Å²) in [6.07, 6.45) is 5.62. The van der Waals surface area contributed by atoms with Crippen LogP contribution in [0.2, 0.25) is 0 Å². The van der Waals surface area contributed by atoms with Crippen LogP contribution in [0.5, 0.6) is 0 Å². The van der Waals surface area contributed by atoms with E-state index in [1.54, 1.807) is 0 Å². The van der Waals surface area contributed by atoms with Crippen LogP contribution in [0.3, 0.4) is 0 Å². The van der Waals surface area contributed by atoms with Gasteiger partial charge >= 0.3 is 0 Å². The Morgan fingerprint density at radius 3 is 3.25 bits per heavy atom. The molecule has 0 aromatic carbocycles. The number of rotatable bonds is 4. The smallest absolute Gasteiger partial charge is 0.107 e. The first kappa shape index (κ1) is 11.8. The highest BCUT2D eigenvalue weighted by atomic mass is 32.1. The summed E-state index contributed by atoms with van der Waals surface area (Å²) >= 11 is 1.88. The maximum absolute atomic E-state index is 4.71. The van der Waals surface area contributed by atoms with Crippen molar-refractivity contribution in [3.63, 3.8) is 0 Å². The first-order chi connectivity index (χ1) is 7.69. The van der Waals surface area contributed by atoms with Gasteiger partial charge in [-0.2, -0.15) is 0 Å². The normalized spacial score (nSPS) is 21.5. The van der Waals surface area contributed by atoms with Crippen molar-refractivity contribution in [3.05, 3.63) is 28.2 Å². The van der Waals surface area contributed by atoms with Crippen molar-refractivity contribution in [1.29, 1.82) is 0 Å². The molecule has 1 N–H and O–H groups in total. The first-order valence-electron chi connectivity index (χ1n) is 6.02. The molecule has 0 fully saturated rings. The van der Waals surface area contributed by atoms with E-state index in [1.165, 1.54) is 34.8 Å². The van der Waals surface area contributed by atoms with Gasteiger partial charge in [-0.05, 0) is 32.1 Å². The van der Waals surface area contributed by atoms with Gasteiger partial charge in [0.25, 0.3) is 0 Å². The van der Waals surface area contributed by atoms with Crippen LogP contribution >= 0.6 is 11.3 Å². The Morgan fingerprint density at radius 2 is 2.50 bits per heavy atom. The number of hydrogen-bond acceptors (Lipinski definition) is 3. The Bertz CT molecular complexity index is 370. The second-order valence-corrected chi connectivity index (χ2v) is 5.90. The molecule has 1 aromatic rings. The standard InChI is InChI=1S/C13H20N2S/c1-4-10(3)14-8-13-15-11-6-5-9(2)7-12(11)16-13/h4,9-10,14H,1,5-8H2,2-3H3. The molecule has 3 heteroatoms. The summed E-state index contributed by atoms with van der Waals surface area (Å²) in [5.41, 5.74) is 1.35. The van der Waals surface area contributed by atoms with Crippen molar-refractivity contribution in [2.45, 2.75) is 45.7 Å². The summed E-state index contributed by atoms with van der Waals surface area (Å²) in [5.74, 6) is 0.834. The third-order valence-corrected chi connectivity index (χ3v) is 4.28. The topological polar surface area (TPSA) is 24.9 Å². The summed E-state index contributed by atoms with van der Waals surface area (Å²) in [5, 5.41) is 4.63. The highest BCUT2D eigenvalue weighted by Crippen LogP contribution is 2.29. The van der Waals surface area contributed by atoms with Gasteiger partial charge in [-0.15, -0.1) is 17.9 Å². The molecule has 0 amide bonds. The second kappa shape index (κ2) is 5.11. The second-order valence-electron chi connectivity index (χ2n) is 4.73. The maximum atomic E-state index is 4.71. The lowest BCUT2D eigenvalue weighted by molar-refractivity contribution is 0.501. The molecule has 0 bridgehead atoms. The van der Waals surface area contributed by atoms with Crippen molar-refractivity contribution in [3.8, 4) is 0 Å². The molecule has 2 atom stereocenters. The summed E-state index contributed by atoms with van der Waals surface area (Å²) in [7, 11) is 0. The van der Waals surface area contributed by atoms with Crippen LogP contribution in [0.15, 0.2) is 12.7 Å². The Balaban J connectivity index is 1.99. The lowest BCUT2D eigenvalue weighted by atomic mass is 9.93. The molecule has 0 saturated heterocycles. The van der Waals surface area contributed by atoms with E-state index in [0.717, 1.165) is 12.5 Å². The van der Waals surface area contributed by atoms with E-state index in [2.05, 4.69) is 25.7 Å². The van der Waals surface area contributed by atoms with Crippen molar-refractivity contribution >= 4 is 11.3 Å². The van der Waals surface area contributed by atoms with Gasteiger partial charge in [0, 0.05) is 17.5 Å². The molecule has 0 aliphatic heterocycles. The number of nitrogens with one attached hydrogen (secondary N) is 1. The molecule has 1 aliphatic carbocycles. The molecule has 88 valence electrons. The quantitative estimate of drug-likeness (QED) is 0.813. The fourth-order valence-electron chi connectivity index (χ4n) is 2.00. The minimum Gasteiger partial charge on any atom is -0.304 e. The summed E-state index contributed by atoms with van der Waals surface area (Å²) in [6, 6.07) is 0.361. The molecular formula is C13H20N2S. The van der Waals surface area contributed by atoms with Gasteiger partial charge in [0.15, 0.2) is 0 Å². The molecular weight excluding hydrogens is 216 g/mol. The van der Waals surface area contributed by atoms with E-state index < -0.39 is 0 Å². The number of aryl methyl sites for hydroxylation is 1. The van der Waals surface area contributed by atoms with Crippen molar-refractivity contribution in [2.75, 3.05) is 0 Å². The zero-order valence-electron chi connectivity index (χ0n) is 10.1. The highest BCUT2D eigenvalue weighted by molar-refractivity contribution is 7.11. The van der Waals surface area contributed by atoms with Crippen LogP contribution in [0.25, 0.3) is 0 Å². The Morgan fingerprint density at radius 1 is 1.69 bits per heavy atom. The lowest BCUT2D eigenvalue weighted by Gasteiger charge is -2.15. The van der Waals surface area contributed by atoms with Crippen molar-refractivity contribution < 1.29 is 0 Å². The largest absolute Gasteiger partial charge is 0.304 e. The Hall–Kier alpha value is -0.670. The fourth-order valence-corrected chi connectivity index (χ4v) is 3.23. The summed E-state index contributed by atoms with van der Waals surface area (Å²) < 4.78 is 0. The van der Waals surface area contributed by atoms with Gasteiger partial charge in [0.05, 0.1) is 5.69 Å². The van der Waals surface area contributed by atoms with E-state index in [9.17, 15) is 0 Å². The minimum atomic E-state index is 0.361. The number of hydrogen-bond donors (Lipinski definition) is 1. The lowest BCUT2D eigenvalue weighted by Crippen LogP contribution is -2.22. The molecule has 1 aliphatic rings. The predicted molar refractivity (Wildman–Crippen MR) is 69.8 cm³/mol. The summed E-state index contributed by atoms with van der Waals surface area (Å²) in [4.78, 5) is 6.23. The van der Waals surface area contributed by atoms with Gasteiger partial charge in [-0.3, -0.25) is 0 Å². The Labute approximate surface area is 102 Å². The van der Waals surface area contributed by atoms with Gasteiger partial charge in [0.2, 0.25) is 0 Å². The van der Waals surface area contributed by atoms with Crippen LogP contribution in [-0.2, 0) is 19.4 Å². The third-order valence-electron chi connectivity index (χ3n) is 3.16. The molecule has 0 saturated carbocycles. The number of aromatic nitrogens is 1. The third kappa shape index (κ3) is 2.71. The molecule has 16 heavy (non-hydrogen) atoms. The van der Waals surface area contributed by atoms with Gasteiger partial charge < -0.3 is 5.32 Å². The van der Waals surface area contributed by atoms with Crippen LogP contribution in [0.4, 0.5) is 0 Å². The van der Waals surface area contributed by atoms with E-state index in [0.29, 0.717) is 6.04 Å². The molecule has 2 nitrogen and oxygen atoms in total. The molecule has 1 aromatic heterocycles. The Kier molecular flexibility index (Phi) is 3.77. The number of fused-ring (bicyclic) bond motifs is 1. The van der Waals surface area contributed by atoms with Crippen LogP contribution in [0.1, 0.15) is 35.8 Å². The molecule has 0 radical (unpaired) electrons. The monoisotopic (exact) mass is 236 g/mol. The van der Waals surface area contributed by atoms with Crippen LogP contribution < -0.4 is 5.32 Å². The average Bonchev–Trinajstić information content (AvgIpc) is 2.67. The van der Waals surface area contributed by atoms with Crippen LogP contribution in [0, 0.1) is 5.92 Å². The molecule has 2 rings (SSSR count). The average molecular weight is 236 g/mol. The number of nitrogens with zero attached hydrogens (tertiary/aromatic N) is 1. The minimum absolute atomic E-state index is 0.361. The SMILES string of the molecule is C=CC(C)NCc1nc2c(s1)CC(C)CC2. The fraction of sp³-hybridized carbons (Fsp3) is 0.615. The zero-order valence-corrected chi connectivity index (χ0v) is 10.9. The molecule has 2 unspecified atom stereocenters. The van der Waals surface area contributed by atoms with Crippen molar-refractivity contribution in [1.82, 2.24) is 10.3 Å².